The first-order valence-electron chi connectivity index (χ1n) is 7.15. The summed E-state index contributed by atoms with van der Waals surface area (Å²) in [6.07, 6.45) is -2.68. The minimum Gasteiger partial charge on any atom is -0.349 e. The van der Waals surface area contributed by atoms with Crippen LogP contribution in [-0.4, -0.2) is 57.3 Å². The molecule has 2 aromatic rings. The molecule has 0 N–H and O–H groups in total. The standard InChI is InChI=1S/C13H15F3N6O/c1-20(8-11(23)21-6-2-3-7-21)10-5-4-9-17-18-12(13(14,15)16)22(9)19-10/h4-5H,2-3,6-8H2,1H3. The Morgan fingerprint density at radius 1 is 1.26 bits per heavy atom. The van der Waals surface area contributed by atoms with E-state index in [-0.39, 0.29) is 23.9 Å². The number of hydrogen-bond donors (Lipinski definition) is 0. The lowest BCUT2D eigenvalue weighted by Crippen LogP contribution is -2.37. The Balaban J connectivity index is 1.83. The smallest absolute Gasteiger partial charge is 0.349 e. The first-order valence-corrected chi connectivity index (χ1v) is 7.15. The van der Waals surface area contributed by atoms with Crippen LogP contribution in [0.25, 0.3) is 5.65 Å². The van der Waals surface area contributed by atoms with E-state index in [2.05, 4.69) is 15.3 Å². The Hall–Kier alpha value is -2.39. The molecule has 0 aliphatic carbocycles. The number of alkyl halides is 3. The molecular weight excluding hydrogens is 313 g/mol. The van der Waals surface area contributed by atoms with Crippen molar-refractivity contribution in [1.29, 1.82) is 0 Å². The minimum atomic E-state index is -4.64. The molecule has 124 valence electrons. The van der Waals surface area contributed by atoms with Gasteiger partial charge in [0.05, 0.1) is 6.54 Å². The summed E-state index contributed by atoms with van der Waals surface area (Å²) in [6, 6.07) is 2.91. The molecule has 7 nitrogen and oxygen atoms in total. The molecule has 0 saturated carbocycles. The lowest BCUT2D eigenvalue weighted by atomic mass is 10.4. The van der Waals surface area contributed by atoms with E-state index in [1.54, 1.807) is 11.9 Å². The third kappa shape index (κ3) is 3.06. The molecule has 0 radical (unpaired) electrons. The van der Waals surface area contributed by atoms with Crippen LogP contribution < -0.4 is 4.90 Å². The van der Waals surface area contributed by atoms with Crippen molar-refractivity contribution in [3.05, 3.63) is 18.0 Å². The highest BCUT2D eigenvalue weighted by Gasteiger charge is 2.37. The van der Waals surface area contributed by atoms with Gasteiger partial charge in [-0.05, 0) is 25.0 Å². The second-order valence-corrected chi connectivity index (χ2v) is 5.43. The van der Waals surface area contributed by atoms with Crippen LogP contribution >= 0.6 is 0 Å². The number of carbonyl (C=O) groups excluding carboxylic acids is 1. The molecule has 1 aliphatic rings. The van der Waals surface area contributed by atoms with E-state index in [1.807, 2.05) is 0 Å². The van der Waals surface area contributed by atoms with Crippen molar-refractivity contribution < 1.29 is 18.0 Å². The summed E-state index contributed by atoms with van der Waals surface area (Å²) < 4.78 is 39.2. The van der Waals surface area contributed by atoms with Crippen LogP contribution in [0.3, 0.4) is 0 Å². The van der Waals surface area contributed by atoms with Crippen molar-refractivity contribution in [3.63, 3.8) is 0 Å². The summed E-state index contributed by atoms with van der Waals surface area (Å²) in [4.78, 5) is 15.4. The van der Waals surface area contributed by atoms with Crippen molar-refractivity contribution in [2.24, 2.45) is 0 Å². The summed E-state index contributed by atoms with van der Waals surface area (Å²) in [7, 11) is 1.61. The van der Waals surface area contributed by atoms with Crippen LogP contribution in [0.1, 0.15) is 18.7 Å². The number of aromatic nitrogens is 4. The van der Waals surface area contributed by atoms with Crippen LogP contribution in [0, 0.1) is 0 Å². The van der Waals surface area contributed by atoms with Crippen LogP contribution in [0.4, 0.5) is 19.0 Å². The van der Waals surface area contributed by atoms with E-state index in [1.165, 1.54) is 17.0 Å². The molecule has 1 fully saturated rings. The highest BCUT2D eigenvalue weighted by atomic mass is 19.4. The van der Waals surface area contributed by atoms with Crippen LogP contribution in [0.15, 0.2) is 12.1 Å². The van der Waals surface area contributed by atoms with E-state index in [9.17, 15) is 18.0 Å². The topological polar surface area (TPSA) is 66.6 Å². The zero-order chi connectivity index (χ0) is 16.6. The second-order valence-electron chi connectivity index (χ2n) is 5.43. The molecule has 0 bridgehead atoms. The maximum Gasteiger partial charge on any atom is 0.453 e. The number of nitrogens with zero attached hydrogens (tertiary/aromatic N) is 6. The molecule has 0 unspecified atom stereocenters. The van der Waals surface area contributed by atoms with Gasteiger partial charge in [-0.15, -0.1) is 15.3 Å². The summed E-state index contributed by atoms with van der Waals surface area (Å²) in [5, 5.41) is 10.5. The summed E-state index contributed by atoms with van der Waals surface area (Å²) in [5.74, 6) is -1.00. The molecule has 1 aliphatic heterocycles. The van der Waals surface area contributed by atoms with Gasteiger partial charge >= 0.3 is 6.18 Å². The predicted molar refractivity (Wildman–Crippen MR) is 74.9 cm³/mol. The lowest BCUT2D eigenvalue weighted by Gasteiger charge is -2.22. The molecule has 0 atom stereocenters. The van der Waals surface area contributed by atoms with Crippen molar-refractivity contribution >= 4 is 17.4 Å². The quantitative estimate of drug-likeness (QED) is 0.847. The zero-order valence-corrected chi connectivity index (χ0v) is 12.4. The molecule has 2 aromatic heterocycles. The number of likely N-dealkylation sites (N-methyl/N-ethyl adjacent to an activating group) is 1. The first-order chi connectivity index (χ1) is 10.9. The Bertz CT molecular complexity index is 722. The zero-order valence-electron chi connectivity index (χ0n) is 12.4. The summed E-state index contributed by atoms with van der Waals surface area (Å²) >= 11 is 0. The fraction of sp³-hybridized carbons (Fsp3) is 0.538. The molecule has 10 heteroatoms. The Labute approximate surface area is 129 Å². The van der Waals surface area contributed by atoms with E-state index in [0.29, 0.717) is 4.52 Å². The number of fused-ring (bicyclic) bond motifs is 1. The molecule has 3 heterocycles. The van der Waals surface area contributed by atoms with Gasteiger partial charge in [-0.25, -0.2) is 0 Å². The van der Waals surface area contributed by atoms with Gasteiger partial charge in [0.15, 0.2) is 5.65 Å². The summed E-state index contributed by atoms with van der Waals surface area (Å²) in [5.41, 5.74) is 0.000319. The lowest BCUT2D eigenvalue weighted by molar-refractivity contribution is -0.146. The van der Waals surface area contributed by atoms with Gasteiger partial charge < -0.3 is 9.80 Å². The number of rotatable bonds is 3. The maximum absolute atomic E-state index is 12.9. The van der Waals surface area contributed by atoms with Gasteiger partial charge in [-0.1, -0.05) is 0 Å². The predicted octanol–water partition coefficient (Wildman–Crippen LogP) is 1.20. The molecular formula is C13H15F3N6O. The molecule has 1 saturated heterocycles. The first kappa shape index (κ1) is 15.5. The van der Waals surface area contributed by atoms with E-state index < -0.39 is 12.0 Å². The maximum atomic E-state index is 12.9. The average molecular weight is 328 g/mol. The van der Waals surface area contributed by atoms with Crippen LogP contribution in [0.5, 0.6) is 0 Å². The van der Waals surface area contributed by atoms with E-state index in [4.69, 9.17) is 0 Å². The van der Waals surface area contributed by atoms with Gasteiger partial charge in [0.2, 0.25) is 5.91 Å². The van der Waals surface area contributed by atoms with E-state index >= 15 is 0 Å². The van der Waals surface area contributed by atoms with Crippen molar-refractivity contribution in [2.45, 2.75) is 19.0 Å². The third-order valence-electron chi connectivity index (χ3n) is 3.72. The van der Waals surface area contributed by atoms with Crippen molar-refractivity contribution in [1.82, 2.24) is 24.7 Å². The number of amides is 1. The highest BCUT2D eigenvalue weighted by molar-refractivity contribution is 5.81. The molecule has 3 rings (SSSR count). The second kappa shape index (κ2) is 5.67. The van der Waals surface area contributed by atoms with Crippen molar-refractivity contribution in [2.75, 3.05) is 31.6 Å². The Morgan fingerprint density at radius 2 is 1.96 bits per heavy atom. The Kier molecular flexibility index (Phi) is 3.82. The largest absolute Gasteiger partial charge is 0.453 e. The number of carbonyl (C=O) groups is 1. The number of halogens is 3. The van der Waals surface area contributed by atoms with Gasteiger partial charge in [-0.2, -0.15) is 17.7 Å². The molecule has 0 aromatic carbocycles. The molecule has 0 spiro atoms. The van der Waals surface area contributed by atoms with Crippen LogP contribution in [-0.2, 0) is 11.0 Å². The average Bonchev–Trinajstić information content (AvgIpc) is 3.15. The van der Waals surface area contributed by atoms with Gasteiger partial charge in [-0.3, -0.25) is 4.79 Å². The van der Waals surface area contributed by atoms with Gasteiger partial charge in [0.25, 0.3) is 5.82 Å². The number of likely N-dealkylation sites (tertiary alicyclic amines) is 1. The normalized spacial score (nSPS) is 15.4. The third-order valence-corrected chi connectivity index (χ3v) is 3.72. The fourth-order valence-electron chi connectivity index (χ4n) is 2.51. The number of hydrogen-bond acceptors (Lipinski definition) is 5. The molecule has 1 amide bonds. The highest BCUT2D eigenvalue weighted by Crippen LogP contribution is 2.27. The van der Waals surface area contributed by atoms with Gasteiger partial charge in [0, 0.05) is 20.1 Å². The number of anilines is 1. The fourth-order valence-corrected chi connectivity index (χ4v) is 2.51. The van der Waals surface area contributed by atoms with Crippen molar-refractivity contribution in [3.8, 4) is 0 Å². The Morgan fingerprint density at radius 3 is 2.61 bits per heavy atom. The molecule has 23 heavy (non-hydrogen) atoms. The SMILES string of the molecule is CN(CC(=O)N1CCCC1)c1ccc2nnc(C(F)(F)F)n2n1. The summed E-state index contributed by atoms with van der Waals surface area (Å²) in [6.45, 7) is 1.51. The van der Waals surface area contributed by atoms with Crippen LogP contribution in [0.2, 0.25) is 0 Å². The van der Waals surface area contributed by atoms with E-state index in [0.717, 1.165) is 25.9 Å². The minimum absolute atomic E-state index is 0.000319. The van der Waals surface area contributed by atoms with Gasteiger partial charge in [0.1, 0.15) is 5.82 Å². The monoisotopic (exact) mass is 328 g/mol.